The summed E-state index contributed by atoms with van der Waals surface area (Å²) in [5.74, 6) is 1.25. The van der Waals surface area contributed by atoms with Crippen molar-refractivity contribution in [2.45, 2.75) is 13.0 Å². The summed E-state index contributed by atoms with van der Waals surface area (Å²) < 4.78 is 7.44. The molecule has 0 aliphatic rings. The van der Waals surface area contributed by atoms with Crippen LogP contribution in [0.2, 0.25) is 0 Å². The Morgan fingerprint density at radius 1 is 1.16 bits per heavy atom. The minimum Gasteiger partial charge on any atom is -0.484 e. The van der Waals surface area contributed by atoms with Gasteiger partial charge in [-0.05, 0) is 24.6 Å². The smallest absolute Gasteiger partial charge is 0.258 e. The number of benzene rings is 2. The maximum atomic E-state index is 12.4. The summed E-state index contributed by atoms with van der Waals surface area (Å²) in [4.78, 5) is 16.8. The molecule has 25 heavy (non-hydrogen) atoms. The Bertz CT molecular complexity index is 826. The number of nitrogens with one attached hydrogen (secondary N) is 1. The van der Waals surface area contributed by atoms with Crippen molar-refractivity contribution < 1.29 is 9.53 Å². The first-order valence-corrected chi connectivity index (χ1v) is 8.14. The van der Waals surface area contributed by atoms with E-state index < -0.39 is 0 Å². The molecule has 0 fully saturated rings. The molecule has 0 saturated carbocycles. The highest BCUT2D eigenvalue weighted by molar-refractivity contribution is 5.78. The topological polar surface area (TPSA) is 56.1 Å². The number of aromatic nitrogens is 2. The Morgan fingerprint density at radius 2 is 1.88 bits per heavy atom. The molecule has 0 aliphatic heterocycles. The third-order valence-corrected chi connectivity index (χ3v) is 3.95. The van der Waals surface area contributed by atoms with E-state index in [1.165, 1.54) is 5.56 Å². The highest BCUT2D eigenvalue weighted by Gasteiger charge is 2.20. The molecule has 0 radical (unpaired) electrons. The average molecular weight is 335 g/mol. The van der Waals surface area contributed by atoms with Crippen LogP contribution in [0.1, 0.15) is 23.0 Å². The number of imidazole rings is 1. The van der Waals surface area contributed by atoms with E-state index >= 15 is 0 Å². The Morgan fingerprint density at radius 3 is 2.52 bits per heavy atom. The monoisotopic (exact) mass is 335 g/mol. The number of aryl methyl sites for hydroxylation is 2. The summed E-state index contributed by atoms with van der Waals surface area (Å²) >= 11 is 0. The van der Waals surface area contributed by atoms with Gasteiger partial charge in [-0.2, -0.15) is 0 Å². The van der Waals surface area contributed by atoms with Crippen molar-refractivity contribution in [2.24, 2.45) is 7.05 Å². The summed E-state index contributed by atoms with van der Waals surface area (Å²) in [7, 11) is 1.91. The number of para-hydroxylation sites is 1. The van der Waals surface area contributed by atoms with Gasteiger partial charge in [0.25, 0.3) is 5.91 Å². The van der Waals surface area contributed by atoms with E-state index in [9.17, 15) is 4.79 Å². The van der Waals surface area contributed by atoms with Crippen LogP contribution in [0.15, 0.2) is 67.0 Å². The predicted molar refractivity (Wildman–Crippen MR) is 96.3 cm³/mol. The first kappa shape index (κ1) is 16.8. The number of hydrogen-bond donors (Lipinski definition) is 1. The molecule has 0 saturated heterocycles. The second kappa shape index (κ2) is 7.66. The molecule has 1 aromatic heterocycles. The maximum Gasteiger partial charge on any atom is 0.258 e. The Kier molecular flexibility index (Phi) is 5.14. The minimum atomic E-state index is -0.326. The van der Waals surface area contributed by atoms with Crippen molar-refractivity contribution in [3.05, 3.63) is 83.9 Å². The third-order valence-electron chi connectivity index (χ3n) is 3.95. The van der Waals surface area contributed by atoms with Gasteiger partial charge in [0.15, 0.2) is 6.61 Å². The van der Waals surface area contributed by atoms with Gasteiger partial charge in [-0.25, -0.2) is 4.98 Å². The van der Waals surface area contributed by atoms with Crippen molar-refractivity contribution in [1.82, 2.24) is 14.9 Å². The molecule has 0 aliphatic carbocycles. The molecule has 0 bridgehead atoms. The van der Waals surface area contributed by atoms with Gasteiger partial charge in [0.1, 0.15) is 17.6 Å². The number of hydrogen-bond acceptors (Lipinski definition) is 3. The average Bonchev–Trinajstić information content (AvgIpc) is 3.05. The molecule has 5 nitrogen and oxygen atoms in total. The number of rotatable bonds is 6. The zero-order valence-electron chi connectivity index (χ0n) is 14.3. The van der Waals surface area contributed by atoms with Crippen molar-refractivity contribution in [2.75, 3.05) is 6.61 Å². The van der Waals surface area contributed by atoms with E-state index in [1.807, 2.05) is 79.3 Å². The largest absolute Gasteiger partial charge is 0.484 e. The zero-order chi connectivity index (χ0) is 17.6. The number of carbonyl (C=O) groups is 1. The summed E-state index contributed by atoms with van der Waals surface area (Å²) in [6.07, 6.45) is 3.59. The van der Waals surface area contributed by atoms with E-state index in [0.29, 0.717) is 5.75 Å². The molecule has 1 atom stereocenters. The van der Waals surface area contributed by atoms with Gasteiger partial charge in [-0.1, -0.05) is 48.0 Å². The summed E-state index contributed by atoms with van der Waals surface area (Å²) in [6, 6.07) is 17.0. The highest BCUT2D eigenvalue weighted by atomic mass is 16.5. The van der Waals surface area contributed by atoms with Gasteiger partial charge < -0.3 is 14.6 Å². The van der Waals surface area contributed by atoms with E-state index in [4.69, 9.17) is 4.74 Å². The molecule has 0 spiro atoms. The van der Waals surface area contributed by atoms with E-state index in [-0.39, 0.29) is 18.6 Å². The van der Waals surface area contributed by atoms with Crippen LogP contribution in [0.5, 0.6) is 5.75 Å². The maximum absolute atomic E-state index is 12.4. The summed E-state index contributed by atoms with van der Waals surface area (Å²) in [5, 5.41) is 3.02. The molecular weight excluding hydrogens is 314 g/mol. The number of ether oxygens (including phenoxy) is 1. The lowest BCUT2D eigenvalue weighted by Gasteiger charge is -2.19. The molecule has 1 amide bonds. The molecular formula is C20H21N3O2. The lowest BCUT2D eigenvalue weighted by molar-refractivity contribution is -0.123. The van der Waals surface area contributed by atoms with E-state index in [2.05, 4.69) is 10.3 Å². The SMILES string of the molecule is Cc1ccc(C(NC(=O)COc2ccccc2)c2nccn2C)cc1. The normalized spacial score (nSPS) is 11.8. The van der Waals surface area contributed by atoms with Crippen molar-refractivity contribution >= 4 is 5.91 Å². The van der Waals surface area contributed by atoms with Gasteiger partial charge in [0.2, 0.25) is 0 Å². The fraction of sp³-hybridized carbons (Fsp3) is 0.200. The highest BCUT2D eigenvalue weighted by Crippen LogP contribution is 2.21. The Balaban J connectivity index is 1.74. The first-order valence-electron chi connectivity index (χ1n) is 8.14. The molecule has 2 aromatic carbocycles. The summed E-state index contributed by atoms with van der Waals surface area (Å²) in [6.45, 7) is 1.99. The predicted octanol–water partition coefficient (Wildman–Crippen LogP) is 3.01. The van der Waals surface area contributed by atoms with Crippen LogP contribution in [-0.2, 0) is 11.8 Å². The number of nitrogens with zero attached hydrogens (tertiary/aromatic N) is 2. The molecule has 1 N–H and O–H groups in total. The Labute approximate surface area is 147 Å². The lowest BCUT2D eigenvalue weighted by Crippen LogP contribution is -2.34. The van der Waals surface area contributed by atoms with Crippen molar-refractivity contribution in [3.63, 3.8) is 0 Å². The standard InChI is InChI=1S/C20H21N3O2/c1-15-8-10-16(11-9-15)19(20-21-12-13-23(20)2)22-18(24)14-25-17-6-4-3-5-7-17/h3-13,19H,14H2,1-2H3,(H,22,24). The van der Waals surface area contributed by atoms with Crippen LogP contribution in [-0.4, -0.2) is 22.1 Å². The fourth-order valence-electron chi connectivity index (χ4n) is 2.58. The number of amides is 1. The minimum absolute atomic E-state index is 0.0448. The van der Waals surface area contributed by atoms with Gasteiger partial charge in [-0.15, -0.1) is 0 Å². The lowest BCUT2D eigenvalue weighted by atomic mass is 10.0. The van der Waals surface area contributed by atoms with E-state index in [1.54, 1.807) is 6.20 Å². The Hall–Kier alpha value is -3.08. The molecule has 1 unspecified atom stereocenters. The van der Waals surface area contributed by atoms with Crippen molar-refractivity contribution in [3.8, 4) is 5.75 Å². The molecule has 3 rings (SSSR count). The van der Waals surface area contributed by atoms with Crippen LogP contribution < -0.4 is 10.1 Å². The van der Waals surface area contributed by atoms with E-state index in [0.717, 1.165) is 11.4 Å². The van der Waals surface area contributed by atoms with Crippen LogP contribution >= 0.6 is 0 Å². The fourth-order valence-corrected chi connectivity index (χ4v) is 2.58. The van der Waals surface area contributed by atoms with Crippen LogP contribution in [0.25, 0.3) is 0 Å². The summed E-state index contributed by atoms with van der Waals surface area (Å²) in [5.41, 5.74) is 2.15. The van der Waals surface area contributed by atoms with Crippen molar-refractivity contribution in [1.29, 1.82) is 0 Å². The second-order valence-corrected chi connectivity index (χ2v) is 5.91. The van der Waals surface area contributed by atoms with Crippen LogP contribution in [0.4, 0.5) is 0 Å². The third kappa shape index (κ3) is 4.26. The van der Waals surface area contributed by atoms with Crippen LogP contribution in [0, 0.1) is 6.92 Å². The van der Waals surface area contributed by atoms with Gasteiger partial charge in [0, 0.05) is 19.4 Å². The van der Waals surface area contributed by atoms with Gasteiger partial charge in [-0.3, -0.25) is 4.79 Å². The zero-order valence-corrected chi connectivity index (χ0v) is 14.3. The van der Waals surface area contributed by atoms with Crippen LogP contribution in [0.3, 0.4) is 0 Å². The molecule has 1 heterocycles. The van der Waals surface area contributed by atoms with Gasteiger partial charge >= 0.3 is 0 Å². The first-order chi connectivity index (χ1) is 12.1. The van der Waals surface area contributed by atoms with Gasteiger partial charge in [0.05, 0.1) is 0 Å². The molecule has 128 valence electrons. The number of carbonyl (C=O) groups excluding carboxylic acids is 1. The molecule has 3 aromatic rings. The second-order valence-electron chi connectivity index (χ2n) is 5.91. The molecule has 5 heteroatoms. The quantitative estimate of drug-likeness (QED) is 0.753.